The fourth-order valence-electron chi connectivity index (χ4n) is 6.85. The molecule has 46 heavy (non-hydrogen) atoms. The maximum atomic E-state index is 13.5. The quantitative estimate of drug-likeness (QED) is 0.121. The normalized spacial score (nSPS) is 17.5. The van der Waals surface area contributed by atoms with E-state index in [1.54, 1.807) is 33.7 Å². The third-order valence-electron chi connectivity index (χ3n) is 9.03. The van der Waals surface area contributed by atoms with Crippen LogP contribution in [0.15, 0.2) is 78.9 Å². The Balaban J connectivity index is 1.10. The van der Waals surface area contributed by atoms with Crippen LogP contribution in [0, 0.1) is 0 Å². The summed E-state index contributed by atoms with van der Waals surface area (Å²) in [5.41, 5.74) is 19.0. The summed E-state index contributed by atoms with van der Waals surface area (Å²) < 4.78 is 1.67. The second kappa shape index (κ2) is 11.9. The molecule has 2 aliphatic heterocycles. The number of benzene rings is 4. The van der Waals surface area contributed by atoms with Crippen LogP contribution in [0.5, 0.6) is 0 Å². The molecule has 0 bridgehead atoms. The number of alkyl halides is 2. The van der Waals surface area contributed by atoms with Crippen molar-refractivity contribution in [1.82, 2.24) is 9.78 Å². The molecule has 0 radical (unpaired) electrons. The summed E-state index contributed by atoms with van der Waals surface area (Å²) in [6, 6.07) is 21.4. The van der Waals surface area contributed by atoms with E-state index in [0.29, 0.717) is 47.6 Å². The molecular weight excluding hydrogens is 619 g/mol. The number of hydrogen-bond acceptors (Lipinski definition) is 5. The number of hydrogen-bond donors (Lipinski definition) is 2. The number of anilines is 4. The first-order valence-corrected chi connectivity index (χ1v) is 16.1. The average Bonchev–Trinajstić information content (AvgIpc) is 3.75. The molecule has 2 aliphatic rings. The standard InChI is InChI=1S/C36H32Cl2N6O2/c1-42-24(11-13-34(46)44-20-22(18-38)36-28-9-5-3-7-26(28)30(40)16-32(36)44)14-23(41-42)10-12-33(45)43-19-21(17-37)35-27-8-4-2-6-25(27)29(39)15-31(35)43/h2-16,21-22H,17-20,39-40H2,1H3/b12-10-,13-11+. The molecule has 0 saturated carbocycles. The van der Waals surface area contributed by atoms with Crippen molar-refractivity contribution in [3.05, 3.63) is 101 Å². The summed E-state index contributed by atoms with van der Waals surface area (Å²) in [6.45, 7) is 0.946. The van der Waals surface area contributed by atoms with Crippen LogP contribution in [0.25, 0.3) is 33.7 Å². The number of nitrogen functional groups attached to an aromatic ring is 2. The molecule has 2 atom stereocenters. The van der Waals surface area contributed by atoms with Crippen molar-refractivity contribution in [3.63, 3.8) is 0 Å². The number of nitrogens with zero attached hydrogens (tertiary/aromatic N) is 4. The van der Waals surface area contributed by atoms with Gasteiger partial charge >= 0.3 is 0 Å². The van der Waals surface area contributed by atoms with Gasteiger partial charge < -0.3 is 21.3 Å². The molecule has 10 heteroatoms. The SMILES string of the molecule is Cn1nc(/C=C\C(=O)N2CC(CCl)c3c2cc(N)c2ccccc32)cc1/C=C/C(=O)N1CC(CCl)c2c1cc(N)c1ccccc21. The van der Waals surface area contributed by atoms with Gasteiger partial charge in [-0.2, -0.15) is 5.10 Å². The lowest BCUT2D eigenvalue weighted by Gasteiger charge is -2.16. The highest BCUT2D eigenvalue weighted by Gasteiger charge is 2.34. The van der Waals surface area contributed by atoms with Gasteiger partial charge in [0.15, 0.2) is 0 Å². The van der Waals surface area contributed by atoms with E-state index in [0.717, 1.165) is 44.0 Å². The Morgan fingerprint density at radius 3 is 1.70 bits per heavy atom. The first-order chi connectivity index (χ1) is 22.3. The summed E-state index contributed by atoms with van der Waals surface area (Å²) in [4.78, 5) is 30.4. The average molecular weight is 652 g/mol. The predicted octanol–water partition coefficient (Wildman–Crippen LogP) is 6.66. The lowest BCUT2D eigenvalue weighted by atomic mass is 9.95. The van der Waals surface area contributed by atoms with E-state index in [-0.39, 0.29) is 23.7 Å². The van der Waals surface area contributed by atoms with Crippen LogP contribution in [0.3, 0.4) is 0 Å². The summed E-state index contributed by atoms with van der Waals surface area (Å²) in [6.07, 6.45) is 6.44. The van der Waals surface area contributed by atoms with E-state index in [4.69, 9.17) is 34.7 Å². The van der Waals surface area contributed by atoms with Gasteiger partial charge in [0.05, 0.1) is 22.8 Å². The number of carbonyl (C=O) groups is 2. The minimum atomic E-state index is -0.185. The van der Waals surface area contributed by atoms with Crippen molar-refractivity contribution in [3.8, 4) is 0 Å². The van der Waals surface area contributed by atoms with Crippen molar-refractivity contribution in [2.45, 2.75) is 11.8 Å². The maximum absolute atomic E-state index is 13.5. The van der Waals surface area contributed by atoms with Gasteiger partial charge in [-0.05, 0) is 52.3 Å². The fourth-order valence-corrected chi connectivity index (χ4v) is 7.35. The zero-order valence-corrected chi connectivity index (χ0v) is 26.7. The van der Waals surface area contributed by atoms with Crippen LogP contribution in [-0.2, 0) is 16.6 Å². The molecule has 232 valence electrons. The van der Waals surface area contributed by atoms with Crippen LogP contribution in [0.2, 0.25) is 0 Å². The Bertz CT molecular complexity index is 2100. The molecule has 7 rings (SSSR count). The van der Waals surface area contributed by atoms with E-state index in [1.165, 1.54) is 12.2 Å². The van der Waals surface area contributed by atoms with Crippen LogP contribution in [-0.4, -0.2) is 46.4 Å². The molecule has 0 saturated heterocycles. The first-order valence-electron chi connectivity index (χ1n) is 15.1. The Labute approximate surface area is 276 Å². The van der Waals surface area contributed by atoms with E-state index in [1.807, 2.05) is 66.7 Å². The van der Waals surface area contributed by atoms with Gasteiger partial charge in [-0.3, -0.25) is 14.3 Å². The van der Waals surface area contributed by atoms with Crippen molar-refractivity contribution in [1.29, 1.82) is 0 Å². The van der Waals surface area contributed by atoms with Crippen molar-refractivity contribution in [2.24, 2.45) is 7.05 Å². The number of amides is 2. The zero-order valence-electron chi connectivity index (χ0n) is 25.2. The molecule has 0 fully saturated rings. The minimum absolute atomic E-state index is 0.00101. The number of halogens is 2. The Morgan fingerprint density at radius 2 is 1.22 bits per heavy atom. The Morgan fingerprint density at radius 1 is 0.761 bits per heavy atom. The molecule has 2 amide bonds. The number of rotatable bonds is 6. The molecule has 0 spiro atoms. The molecule has 2 unspecified atom stereocenters. The van der Waals surface area contributed by atoms with Crippen LogP contribution in [0.4, 0.5) is 22.7 Å². The van der Waals surface area contributed by atoms with E-state index < -0.39 is 0 Å². The number of fused-ring (bicyclic) bond motifs is 6. The summed E-state index contributed by atoms with van der Waals surface area (Å²) >= 11 is 12.7. The van der Waals surface area contributed by atoms with Gasteiger partial charge in [0.25, 0.3) is 11.8 Å². The van der Waals surface area contributed by atoms with Crippen molar-refractivity contribution >= 4 is 91.5 Å². The summed E-state index contributed by atoms with van der Waals surface area (Å²) in [5.74, 6) is 0.427. The fraction of sp³-hybridized carbons (Fsp3) is 0.194. The monoisotopic (exact) mass is 650 g/mol. The number of aromatic nitrogens is 2. The second-order valence-corrected chi connectivity index (χ2v) is 12.4. The first kappa shape index (κ1) is 29.9. The molecule has 8 nitrogen and oxygen atoms in total. The van der Waals surface area contributed by atoms with E-state index in [9.17, 15) is 9.59 Å². The van der Waals surface area contributed by atoms with Gasteiger partial charge in [-0.25, -0.2) is 0 Å². The van der Waals surface area contributed by atoms with Gasteiger partial charge in [0.2, 0.25) is 0 Å². The van der Waals surface area contributed by atoms with Crippen molar-refractivity contribution in [2.75, 3.05) is 46.1 Å². The number of aryl methyl sites for hydroxylation is 1. The Kier molecular flexibility index (Phi) is 7.71. The number of carbonyl (C=O) groups excluding carboxylic acids is 2. The van der Waals surface area contributed by atoms with Gasteiger partial charge in [-0.15, -0.1) is 23.2 Å². The molecule has 5 aromatic rings. The lowest BCUT2D eigenvalue weighted by molar-refractivity contribution is -0.114. The van der Waals surface area contributed by atoms with Gasteiger partial charge in [-0.1, -0.05) is 48.5 Å². The molecule has 1 aromatic heterocycles. The van der Waals surface area contributed by atoms with Crippen LogP contribution in [0.1, 0.15) is 34.4 Å². The lowest BCUT2D eigenvalue weighted by Crippen LogP contribution is -2.28. The summed E-state index contributed by atoms with van der Waals surface area (Å²) in [7, 11) is 1.79. The maximum Gasteiger partial charge on any atom is 0.251 e. The van der Waals surface area contributed by atoms with Crippen LogP contribution < -0.4 is 21.3 Å². The summed E-state index contributed by atoms with van der Waals surface area (Å²) in [5, 5.41) is 8.49. The molecule has 4 N–H and O–H groups in total. The van der Waals surface area contributed by atoms with E-state index in [2.05, 4.69) is 5.10 Å². The number of nitrogens with two attached hydrogens (primary N) is 2. The highest BCUT2D eigenvalue weighted by molar-refractivity contribution is 6.20. The highest BCUT2D eigenvalue weighted by Crippen LogP contribution is 2.45. The Hall–Kier alpha value is -4.79. The smallest absolute Gasteiger partial charge is 0.251 e. The van der Waals surface area contributed by atoms with Gasteiger partial charge in [0.1, 0.15) is 0 Å². The van der Waals surface area contributed by atoms with E-state index >= 15 is 0 Å². The van der Waals surface area contributed by atoms with Gasteiger partial charge in [0, 0.05) is 78.0 Å². The van der Waals surface area contributed by atoms with Crippen LogP contribution >= 0.6 is 23.2 Å². The van der Waals surface area contributed by atoms with Crippen molar-refractivity contribution < 1.29 is 9.59 Å². The largest absolute Gasteiger partial charge is 0.398 e. The third kappa shape index (κ3) is 4.98. The highest BCUT2D eigenvalue weighted by atomic mass is 35.5. The molecule has 0 aliphatic carbocycles. The molecule has 3 heterocycles. The zero-order chi connectivity index (χ0) is 32.1. The minimum Gasteiger partial charge on any atom is -0.398 e. The topological polar surface area (TPSA) is 110 Å². The molecule has 4 aromatic carbocycles. The predicted molar refractivity (Wildman–Crippen MR) is 190 cm³/mol. The third-order valence-corrected chi connectivity index (χ3v) is 9.77. The molecular formula is C36H32Cl2N6O2. The second-order valence-electron chi connectivity index (χ2n) is 11.8.